The van der Waals surface area contributed by atoms with Gasteiger partial charge in [0.15, 0.2) is 0 Å². The molecule has 0 aromatic carbocycles. The van der Waals surface area contributed by atoms with E-state index in [4.69, 9.17) is 0 Å². The molecule has 2 nitrogen and oxygen atoms in total. The van der Waals surface area contributed by atoms with Gasteiger partial charge in [-0.2, -0.15) is 0 Å². The minimum absolute atomic E-state index is 0.404. The van der Waals surface area contributed by atoms with E-state index < -0.39 is 10.8 Å². The van der Waals surface area contributed by atoms with Crippen LogP contribution in [0.4, 0.5) is 0 Å². The first-order valence-electron chi connectivity index (χ1n) is 7.83. The van der Waals surface area contributed by atoms with Crippen LogP contribution in [0.2, 0.25) is 0 Å². The van der Waals surface area contributed by atoms with Crippen molar-refractivity contribution in [2.24, 2.45) is 5.92 Å². The summed E-state index contributed by atoms with van der Waals surface area (Å²) in [7, 11) is -0.625. The summed E-state index contributed by atoms with van der Waals surface area (Å²) in [6.45, 7) is 7.73. The second-order valence-electron chi connectivity index (χ2n) is 5.62. The first-order chi connectivity index (χ1) is 8.72. The molecule has 1 N–H and O–H groups in total. The molecule has 1 rings (SSSR count). The van der Waals surface area contributed by atoms with E-state index in [1.807, 2.05) is 0 Å². The lowest BCUT2D eigenvalue weighted by Crippen LogP contribution is -2.47. The molecule has 4 unspecified atom stereocenters. The predicted molar refractivity (Wildman–Crippen MR) is 81.4 cm³/mol. The molecule has 0 heterocycles. The van der Waals surface area contributed by atoms with Gasteiger partial charge < -0.3 is 5.32 Å². The second kappa shape index (κ2) is 9.08. The van der Waals surface area contributed by atoms with Gasteiger partial charge in [-0.05, 0) is 44.6 Å². The largest absolute Gasteiger partial charge is 0.313 e. The standard InChI is InChI=1S/C15H31NOS/c1-4-7-11-18(17)15-12-13(6-3)8-9-14(15)16-10-5-2/h13-16H,4-12H2,1-3H3. The van der Waals surface area contributed by atoms with Crippen molar-refractivity contribution < 1.29 is 4.21 Å². The van der Waals surface area contributed by atoms with Gasteiger partial charge in [-0.1, -0.05) is 33.6 Å². The maximum absolute atomic E-state index is 12.5. The molecular weight excluding hydrogens is 242 g/mol. The highest BCUT2D eigenvalue weighted by Crippen LogP contribution is 2.30. The van der Waals surface area contributed by atoms with E-state index in [-0.39, 0.29) is 0 Å². The highest BCUT2D eigenvalue weighted by molar-refractivity contribution is 7.85. The van der Waals surface area contributed by atoms with Crippen molar-refractivity contribution in [1.82, 2.24) is 5.32 Å². The number of unbranched alkanes of at least 4 members (excludes halogenated alkanes) is 1. The summed E-state index contributed by atoms with van der Waals surface area (Å²) in [5.41, 5.74) is 0. The Labute approximate surface area is 116 Å². The Morgan fingerprint density at radius 1 is 1.17 bits per heavy atom. The molecule has 1 aliphatic carbocycles. The van der Waals surface area contributed by atoms with Crippen molar-refractivity contribution >= 4 is 10.8 Å². The van der Waals surface area contributed by atoms with Crippen molar-refractivity contribution in [2.75, 3.05) is 12.3 Å². The van der Waals surface area contributed by atoms with E-state index in [2.05, 4.69) is 26.1 Å². The first-order valence-corrected chi connectivity index (χ1v) is 9.21. The van der Waals surface area contributed by atoms with E-state index in [1.54, 1.807) is 0 Å². The van der Waals surface area contributed by atoms with E-state index in [9.17, 15) is 4.21 Å². The molecule has 108 valence electrons. The van der Waals surface area contributed by atoms with Crippen molar-refractivity contribution in [3.63, 3.8) is 0 Å². The number of hydrogen-bond acceptors (Lipinski definition) is 2. The van der Waals surface area contributed by atoms with Gasteiger partial charge in [0.05, 0.1) is 5.25 Å². The Balaban J connectivity index is 2.55. The summed E-state index contributed by atoms with van der Waals surface area (Å²) < 4.78 is 12.5. The third kappa shape index (κ3) is 5.00. The molecule has 0 saturated heterocycles. The highest BCUT2D eigenvalue weighted by Gasteiger charge is 2.32. The fraction of sp³-hybridized carbons (Fsp3) is 1.00. The molecule has 0 aromatic heterocycles. The maximum Gasteiger partial charge on any atom is 0.0503 e. The summed E-state index contributed by atoms with van der Waals surface area (Å²) >= 11 is 0. The highest BCUT2D eigenvalue weighted by atomic mass is 32.2. The third-order valence-corrected chi connectivity index (χ3v) is 6.06. The lowest BCUT2D eigenvalue weighted by atomic mass is 9.84. The molecule has 0 spiro atoms. The van der Waals surface area contributed by atoms with E-state index >= 15 is 0 Å². The monoisotopic (exact) mass is 273 g/mol. The van der Waals surface area contributed by atoms with Crippen LogP contribution in [0, 0.1) is 5.92 Å². The summed E-state index contributed by atoms with van der Waals surface area (Å²) in [5.74, 6) is 1.71. The van der Waals surface area contributed by atoms with E-state index in [0.717, 1.165) is 31.1 Å². The summed E-state index contributed by atoms with van der Waals surface area (Å²) in [6.07, 6.45) is 8.40. The number of rotatable bonds is 8. The molecule has 0 radical (unpaired) electrons. The van der Waals surface area contributed by atoms with Crippen LogP contribution in [-0.4, -0.2) is 27.8 Å². The lowest BCUT2D eigenvalue weighted by Gasteiger charge is -2.36. The summed E-state index contributed by atoms with van der Waals surface area (Å²) in [4.78, 5) is 0. The van der Waals surface area contributed by atoms with Gasteiger partial charge in [-0.3, -0.25) is 4.21 Å². The van der Waals surface area contributed by atoms with Crippen LogP contribution in [0.3, 0.4) is 0 Å². The topological polar surface area (TPSA) is 29.1 Å². The Bertz CT molecular complexity index is 245. The normalized spacial score (nSPS) is 30.3. The van der Waals surface area contributed by atoms with Crippen LogP contribution in [0.1, 0.15) is 65.7 Å². The smallest absolute Gasteiger partial charge is 0.0503 e. The zero-order valence-corrected chi connectivity index (χ0v) is 13.2. The fourth-order valence-electron chi connectivity index (χ4n) is 2.87. The maximum atomic E-state index is 12.5. The zero-order chi connectivity index (χ0) is 13.4. The first kappa shape index (κ1) is 16.2. The summed E-state index contributed by atoms with van der Waals surface area (Å²) in [5, 5.41) is 4.03. The van der Waals surface area contributed by atoms with Crippen LogP contribution >= 0.6 is 0 Å². The molecule has 1 fully saturated rings. The average molecular weight is 273 g/mol. The quantitative estimate of drug-likeness (QED) is 0.733. The van der Waals surface area contributed by atoms with Crippen LogP contribution in [0.5, 0.6) is 0 Å². The van der Waals surface area contributed by atoms with Gasteiger partial charge in [0.2, 0.25) is 0 Å². The van der Waals surface area contributed by atoms with Crippen LogP contribution in [0.15, 0.2) is 0 Å². The van der Waals surface area contributed by atoms with Crippen molar-refractivity contribution in [3.8, 4) is 0 Å². The van der Waals surface area contributed by atoms with Crippen LogP contribution in [0.25, 0.3) is 0 Å². The van der Waals surface area contributed by atoms with E-state index in [1.165, 1.54) is 32.1 Å². The SMILES string of the molecule is CCCCS(=O)C1CC(CC)CCC1NCCC. The molecule has 0 aliphatic heterocycles. The Morgan fingerprint density at radius 3 is 2.56 bits per heavy atom. The molecule has 1 saturated carbocycles. The van der Waals surface area contributed by atoms with Gasteiger partial charge in [-0.15, -0.1) is 0 Å². The van der Waals surface area contributed by atoms with Crippen molar-refractivity contribution in [3.05, 3.63) is 0 Å². The van der Waals surface area contributed by atoms with Gasteiger partial charge in [-0.25, -0.2) is 0 Å². The zero-order valence-electron chi connectivity index (χ0n) is 12.4. The Hall–Kier alpha value is 0.110. The van der Waals surface area contributed by atoms with Gasteiger partial charge in [0, 0.05) is 22.6 Å². The molecule has 4 atom stereocenters. The van der Waals surface area contributed by atoms with Gasteiger partial charge in [0.25, 0.3) is 0 Å². The van der Waals surface area contributed by atoms with Crippen LogP contribution < -0.4 is 5.32 Å². The molecule has 3 heteroatoms. The third-order valence-electron chi connectivity index (χ3n) is 4.17. The molecule has 0 amide bonds. The van der Waals surface area contributed by atoms with Gasteiger partial charge in [0.1, 0.15) is 0 Å². The number of nitrogens with one attached hydrogen (secondary N) is 1. The minimum atomic E-state index is -0.625. The minimum Gasteiger partial charge on any atom is -0.313 e. The van der Waals surface area contributed by atoms with Crippen LogP contribution in [-0.2, 0) is 10.8 Å². The number of hydrogen-bond donors (Lipinski definition) is 1. The summed E-state index contributed by atoms with van der Waals surface area (Å²) in [6, 6.07) is 0.505. The van der Waals surface area contributed by atoms with Crippen molar-refractivity contribution in [2.45, 2.75) is 77.0 Å². The second-order valence-corrected chi connectivity index (χ2v) is 7.40. The predicted octanol–water partition coefficient (Wildman–Crippen LogP) is 3.48. The lowest BCUT2D eigenvalue weighted by molar-refractivity contribution is 0.292. The molecular formula is C15H31NOS. The molecule has 0 bridgehead atoms. The molecule has 0 aromatic rings. The Morgan fingerprint density at radius 2 is 1.94 bits per heavy atom. The fourth-order valence-corrected chi connectivity index (χ4v) is 4.84. The molecule has 1 aliphatic rings. The molecule has 18 heavy (non-hydrogen) atoms. The van der Waals surface area contributed by atoms with E-state index in [0.29, 0.717) is 11.3 Å². The van der Waals surface area contributed by atoms with Crippen molar-refractivity contribution in [1.29, 1.82) is 0 Å². The van der Waals surface area contributed by atoms with Gasteiger partial charge >= 0.3 is 0 Å². The Kier molecular flexibility index (Phi) is 8.16. The average Bonchev–Trinajstić information content (AvgIpc) is 2.42.